The van der Waals surface area contributed by atoms with Crippen LogP contribution in [0, 0.1) is 0 Å². The maximum absolute atomic E-state index is 11.6. The number of nitrogens with one attached hydrogen (secondary N) is 1. The summed E-state index contributed by atoms with van der Waals surface area (Å²) >= 11 is 3.66. The molecule has 2 heterocycles. The van der Waals surface area contributed by atoms with Crippen molar-refractivity contribution in [3.63, 3.8) is 0 Å². The van der Waals surface area contributed by atoms with E-state index in [0.717, 1.165) is 6.92 Å². The summed E-state index contributed by atoms with van der Waals surface area (Å²) in [6.07, 6.45) is -20.4. The summed E-state index contributed by atoms with van der Waals surface area (Å²) in [6, 6.07) is -1.24. The van der Waals surface area contributed by atoms with Gasteiger partial charge in [-0.2, -0.15) is 0 Å². The predicted molar refractivity (Wildman–Crippen MR) is 127 cm³/mol. The van der Waals surface area contributed by atoms with Gasteiger partial charge in [0, 0.05) is 6.92 Å². The summed E-state index contributed by atoms with van der Waals surface area (Å²) in [6.45, 7) is -0.723. The monoisotopic (exact) mass is 593 g/mol. The van der Waals surface area contributed by atoms with Gasteiger partial charge in [-0.1, -0.05) is 0 Å². The lowest BCUT2D eigenvalue weighted by Crippen LogP contribution is -2.67. The molecule has 18 heteroatoms. The molecule has 17 nitrogen and oxygen atoms in total. The number of amides is 1. The Morgan fingerprint density at radius 3 is 2.03 bits per heavy atom. The van der Waals surface area contributed by atoms with Crippen molar-refractivity contribution in [2.45, 2.75) is 99.8 Å². The zero-order valence-corrected chi connectivity index (χ0v) is 22.1. The summed E-state index contributed by atoms with van der Waals surface area (Å²) in [5, 5.41) is 93.3. The highest BCUT2D eigenvalue weighted by Crippen LogP contribution is 2.31. The van der Waals surface area contributed by atoms with Crippen molar-refractivity contribution in [2.24, 2.45) is 0 Å². The van der Waals surface area contributed by atoms with Crippen molar-refractivity contribution < 1.29 is 78.6 Å². The van der Waals surface area contributed by atoms with Gasteiger partial charge in [0.2, 0.25) is 5.91 Å². The highest BCUT2D eigenvalue weighted by molar-refractivity contribution is 7.75. The minimum atomic E-state index is -1.91. The van der Waals surface area contributed by atoms with E-state index in [2.05, 4.69) is 18.2 Å². The molecule has 0 aromatic heterocycles. The number of carbonyl (C=O) groups is 1. The fourth-order valence-electron chi connectivity index (χ4n) is 4.13. The van der Waals surface area contributed by atoms with Crippen molar-refractivity contribution >= 4 is 18.8 Å². The largest absolute Gasteiger partial charge is 0.394 e. The van der Waals surface area contributed by atoms with Crippen LogP contribution in [-0.2, 0) is 32.7 Å². The van der Waals surface area contributed by atoms with Gasteiger partial charge in [-0.25, -0.2) is 0 Å². The van der Waals surface area contributed by atoms with E-state index >= 15 is 0 Å². The second kappa shape index (κ2) is 16.0. The Balaban J connectivity index is 2.31. The molecule has 14 atom stereocenters. The topological polar surface area (TPSA) is 267 Å². The molecule has 12 unspecified atom stereocenters. The van der Waals surface area contributed by atoms with E-state index in [0.29, 0.717) is 0 Å². The molecule has 0 radical (unpaired) electrons. The summed E-state index contributed by atoms with van der Waals surface area (Å²) < 4.78 is 32.4. The molecular formula is C21H39NO16S. The number of aliphatic hydroxyl groups is 9. The van der Waals surface area contributed by atoms with E-state index in [4.69, 9.17) is 27.9 Å². The minimum Gasteiger partial charge on any atom is -0.394 e. The summed E-state index contributed by atoms with van der Waals surface area (Å²) in [5.74, 6) is -0.572. The molecule has 2 fully saturated rings. The second-order valence-corrected chi connectivity index (χ2v) is 9.38. The molecule has 0 aromatic carbocycles. The number of thiol groups is 1. The first-order valence-electron chi connectivity index (χ1n) is 12.1. The van der Waals surface area contributed by atoms with E-state index in [-0.39, 0.29) is 0 Å². The molecule has 0 bridgehead atoms. The molecule has 0 spiro atoms. The maximum atomic E-state index is 11.6. The van der Waals surface area contributed by atoms with Gasteiger partial charge in [0.05, 0.1) is 32.5 Å². The Bertz CT molecular complexity index is 738. The van der Waals surface area contributed by atoms with Crippen LogP contribution in [0.25, 0.3) is 0 Å². The molecule has 230 valence electrons. The van der Waals surface area contributed by atoms with Crippen molar-refractivity contribution in [1.29, 1.82) is 0 Å². The molecule has 2 aliphatic heterocycles. The molecule has 0 saturated carbocycles. The Hall–Kier alpha value is -0.780. The van der Waals surface area contributed by atoms with Crippen molar-refractivity contribution in [3.8, 4) is 0 Å². The molecule has 2 saturated heterocycles. The summed E-state index contributed by atoms with van der Waals surface area (Å²) in [5.41, 5.74) is 0. The maximum Gasteiger partial charge on any atom is 0.217 e. The zero-order valence-electron chi connectivity index (χ0n) is 21.2. The average molecular weight is 594 g/mol. The standard InChI is InChI=1S/C21H39NO16S/c1-7(27)10(4-24)33-19(9(29)3-23)37-18-14(30)11(5-25)34-21(16(18)32)36-17-12(6-26)35-20(38-39)13(15(17)31)22-8(2)28/h7,9-21,23-27,29-32,39H,3-6H2,1-2H3,(H,22,28)/t7-,9+,10?,11?,12?,13?,14?,15?,16?,17?,18?,19?,20?,21?/m1/s1. The van der Waals surface area contributed by atoms with Gasteiger partial charge in [-0.15, -0.1) is 0 Å². The lowest BCUT2D eigenvalue weighted by Gasteiger charge is -2.47. The third-order valence-corrected chi connectivity index (χ3v) is 6.47. The quantitative estimate of drug-likeness (QED) is 0.0508. The number of carbonyl (C=O) groups excluding carboxylic acids is 1. The number of hydrogen-bond acceptors (Lipinski definition) is 17. The summed E-state index contributed by atoms with van der Waals surface area (Å²) in [4.78, 5) is 11.6. The lowest BCUT2D eigenvalue weighted by molar-refractivity contribution is -0.364. The van der Waals surface area contributed by atoms with Gasteiger partial charge < -0.3 is 75.0 Å². The van der Waals surface area contributed by atoms with E-state index < -0.39 is 118 Å². The number of aliphatic hydroxyl groups excluding tert-OH is 9. The fourth-order valence-corrected chi connectivity index (χ4v) is 4.31. The predicted octanol–water partition coefficient (Wildman–Crippen LogP) is -5.92. The Morgan fingerprint density at radius 1 is 0.923 bits per heavy atom. The SMILES string of the molecule is CC(=O)NC1C(OS)OC(CO)C(OC2OC(CO)C(O)C(OC(OC(CO)[C@@H](C)O)[C@@H](O)CO)C2O)C1O. The van der Waals surface area contributed by atoms with Crippen LogP contribution in [0.5, 0.6) is 0 Å². The summed E-state index contributed by atoms with van der Waals surface area (Å²) in [7, 11) is 0. The third-order valence-electron chi connectivity index (χ3n) is 6.26. The van der Waals surface area contributed by atoms with Crippen LogP contribution in [0.2, 0.25) is 0 Å². The van der Waals surface area contributed by atoms with Crippen LogP contribution < -0.4 is 5.32 Å². The van der Waals surface area contributed by atoms with Gasteiger partial charge in [-0.05, 0) is 19.8 Å². The van der Waals surface area contributed by atoms with E-state index in [1.54, 1.807) is 0 Å². The second-order valence-electron chi connectivity index (χ2n) is 9.17. The Kier molecular flexibility index (Phi) is 14.1. The molecule has 39 heavy (non-hydrogen) atoms. The average Bonchev–Trinajstić information content (AvgIpc) is 2.90. The van der Waals surface area contributed by atoms with Gasteiger partial charge >= 0.3 is 0 Å². The Morgan fingerprint density at radius 2 is 1.54 bits per heavy atom. The molecule has 0 aliphatic carbocycles. The van der Waals surface area contributed by atoms with Crippen LogP contribution in [0.4, 0.5) is 0 Å². The van der Waals surface area contributed by atoms with Crippen LogP contribution in [-0.4, -0.2) is 164 Å². The number of rotatable bonds is 14. The molecule has 1 amide bonds. The van der Waals surface area contributed by atoms with Gasteiger partial charge in [0.1, 0.15) is 61.0 Å². The van der Waals surface area contributed by atoms with E-state index in [1.165, 1.54) is 6.92 Å². The number of ether oxygens (including phenoxy) is 5. The molecule has 10 N–H and O–H groups in total. The highest BCUT2D eigenvalue weighted by atomic mass is 32.1. The smallest absolute Gasteiger partial charge is 0.217 e. The van der Waals surface area contributed by atoms with Crippen molar-refractivity contribution in [2.75, 3.05) is 26.4 Å². The molecule has 2 rings (SSSR count). The van der Waals surface area contributed by atoms with Crippen LogP contribution >= 0.6 is 12.9 Å². The van der Waals surface area contributed by atoms with Crippen molar-refractivity contribution in [3.05, 3.63) is 0 Å². The Labute approximate surface area is 229 Å². The van der Waals surface area contributed by atoms with E-state index in [1.807, 2.05) is 0 Å². The van der Waals surface area contributed by atoms with E-state index in [9.17, 15) is 50.8 Å². The first-order chi connectivity index (χ1) is 18.4. The molecule has 0 aromatic rings. The first-order valence-corrected chi connectivity index (χ1v) is 12.5. The molecular weight excluding hydrogens is 554 g/mol. The van der Waals surface area contributed by atoms with Gasteiger partial charge in [-0.3, -0.25) is 8.98 Å². The van der Waals surface area contributed by atoms with Gasteiger partial charge in [0.15, 0.2) is 18.9 Å². The lowest BCUT2D eigenvalue weighted by atomic mass is 9.95. The van der Waals surface area contributed by atoms with Crippen LogP contribution in [0.1, 0.15) is 13.8 Å². The normalized spacial score (nSPS) is 38.6. The van der Waals surface area contributed by atoms with Crippen LogP contribution in [0.15, 0.2) is 0 Å². The third kappa shape index (κ3) is 8.61. The fraction of sp³-hybridized carbons (Fsp3) is 0.952. The minimum absolute atomic E-state index is 0.572. The highest BCUT2D eigenvalue weighted by Gasteiger charge is 2.52. The zero-order chi connectivity index (χ0) is 29.4. The molecule has 2 aliphatic rings. The number of hydrogen-bond donors (Lipinski definition) is 11. The van der Waals surface area contributed by atoms with Gasteiger partial charge in [0.25, 0.3) is 0 Å². The van der Waals surface area contributed by atoms with Crippen LogP contribution in [0.3, 0.4) is 0 Å². The first kappa shape index (κ1) is 34.4. The van der Waals surface area contributed by atoms with Crippen molar-refractivity contribution in [1.82, 2.24) is 5.32 Å².